The summed E-state index contributed by atoms with van der Waals surface area (Å²) < 4.78 is 15.3. The van der Waals surface area contributed by atoms with Gasteiger partial charge in [-0.3, -0.25) is 4.90 Å². The quantitative estimate of drug-likeness (QED) is 0.730. The van der Waals surface area contributed by atoms with E-state index in [1.54, 1.807) is 12.4 Å². The van der Waals surface area contributed by atoms with E-state index in [0.29, 0.717) is 5.52 Å². The van der Waals surface area contributed by atoms with Crippen LogP contribution in [0, 0.1) is 5.82 Å². The van der Waals surface area contributed by atoms with Crippen LogP contribution in [0.15, 0.2) is 48.8 Å². The Kier molecular flexibility index (Phi) is 3.83. The second-order valence-electron chi connectivity index (χ2n) is 6.31. The highest BCUT2D eigenvalue weighted by Crippen LogP contribution is 2.17. The average molecular weight is 309 g/mol. The van der Waals surface area contributed by atoms with Crippen LogP contribution in [-0.2, 0) is 13.1 Å². The first-order valence-electron chi connectivity index (χ1n) is 8.18. The number of rotatable bonds is 4. The fraction of sp³-hybridized carbons (Fsp3) is 0.316. The van der Waals surface area contributed by atoms with Gasteiger partial charge < -0.3 is 4.57 Å². The molecule has 0 saturated carbocycles. The van der Waals surface area contributed by atoms with Crippen LogP contribution in [0.5, 0.6) is 0 Å². The predicted molar refractivity (Wildman–Crippen MR) is 89.7 cm³/mol. The van der Waals surface area contributed by atoms with Crippen molar-refractivity contribution < 1.29 is 4.39 Å². The predicted octanol–water partition coefficient (Wildman–Crippen LogP) is 3.82. The minimum atomic E-state index is -0.242. The lowest BCUT2D eigenvalue weighted by atomic mass is 10.1. The molecule has 1 fully saturated rings. The smallest absolute Gasteiger partial charge is 0.125 e. The molecular weight excluding hydrogens is 289 g/mol. The molecule has 0 radical (unpaired) electrons. The Morgan fingerprint density at radius 1 is 0.913 bits per heavy atom. The van der Waals surface area contributed by atoms with Crippen LogP contribution < -0.4 is 0 Å². The van der Waals surface area contributed by atoms with Crippen LogP contribution in [-0.4, -0.2) is 27.5 Å². The van der Waals surface area contributed by atoms with Gasteiger partial charge in [-0.2, -0.15) is 0 Å². The van der Waals surface area contributed by atoms with Crippen molar-refractivity contribution in [2.45, 2.75) is 25.9 Å². The van der Waals surface area contributed by atoms with Gasteiger partial charge in [0.2, 0.25) is 0 Å². The highest BCUT2D eigenvalue weighted by molar-refractivity contribution is 5.75. The molecule has 0 atom stereocenters. The van der Waals surface area contributed by atoms with Crippen molar-refractivity contribution in [1.29, 1.82) is 0 Å². The highest BCUT2D eigenvalue weighted by Gasteiger charge is 2.11. The van der Waals surface area contributed by atoms with Crippen LogP contribution in [0.4, 0.5) is 4.39 Å². The first-order valence-corrected chi connectivity index (χ1v) is 8.18. The fourth-order valence-electron chi connectivity index (χ4n) is 3.31. The number of likely N-dealkylation sites (tertiary alicyclic amines) is 1. The van der Waals surface area contributed by atoms with Gasteiger partial charge in [0, 0.05) is 19.2 Å². The SMILES string of the molecule is Fc1ccc2c(c1)ncn2Cc1ccc(CN2CCCC2)cc1. The van der Waals surface area contributed by atoms with Gasteiger partial charge >= 0.3 is 0 Å². The second kappa shape index (κ2) is 6.13. The number of benzene rings is 2. The number of aromatic nitrogens is 2. The van der Waals surface area contributed by atoms with E-state index in [9.17, 15) is 4.39 Å². The van der Waals surface area contributed by atoms with Crippen molar-refractivity contribution in [2.75, 3.05) is 13.1 Å². The van der Waals surface area contributed by atoms with E-state index < -0.39 is 0 Å². The van der Waals surface area contributed by atoms with Crippen LogP contribution in [0.25, 0.3) is 11.0 Å². The fourth-order valence-corrected chi connectivity index (χ4v) is 3.31. The number of hydrogen-bond donors (Lipinski definition) is 0. The van der Waals surface area contributed by atoms with Crippen molar-refractivity contribution in [3.63, 3.8) is 0 Å². The maximum absolute atomic E-state index is 13.2. The molecule has 118 valence electrons. The minimum Gasteiger partial charge on any atom is -0.326 e. The third kappa shape index (κ3) is 3.13. The van der Waals surface area contributed by atoms with Crippen molar-refractivity contribution in [3.05, 3.63) is 65.7 Å². The lowest BCUT2D eigenvalue weighted by Crippen LogP contribution is -2.18. The van der Waals surface area contributed by atoms with E-state index in [-0.39, 0.29) is 5.82 Å². The molecule has 4 rings (SSSR count). The Bertz CT molecular complexity index is 801. The lowest BCUT2D eigenvalue weighted by molar-refractivity contribution is 0.331. The Hall–Kier alpha value is -2.20. The molecule has 0 amide bonds. The van der Waals surface area contributed by atoms with E-state index in [1.165, 1.54) is 49.2 Å². The summed E-state index contributed by atoms with van der Waals surface area (Å²) in [6.45, 7) is 4.25. The van der Waals surface area contributed by atoms with Crippen LogP contribution >= 0.6 is 0 Å². The maximum Gasteiger partial charge on any atom is 0.125 e. The monoisotopic (exact) mass is 309 g/mol. The van der Waals surface area contributed by atoms with Crippen molar-refractivity contribution in [1.82, 2.24) is 14.5 Å². The minimum absolute atomic E-state index is 0.242. The number of hydrogen-bond acceptors (Lipinski definition) is 2. The topological polar surface area (TPSA) is 21.1 Å². The third-order valence-corrected chi connectivity index (χ3v) is 4.56. The molecule has 0 unspecified atom stereocenters. The summed E-state index contributed by atoms with van der Waals surface area (Å²) in [6.07, 6.45) is 4.43. The summed E-state index contributed by atoms with van der Waals surface area (Å²) in [5.74, 6) is -0.242. The number of fused-ring (bicyclic) bond motifs is 1. The number of halogens is 1. The molecule has 2 heterocycles. The normalized spacial score (nSPS) is 15.5. The second-order valence-corrected chi connectivity index (χ2v) is 6.31. The summed E-state index contributed by atoms with van der Waals surface area (Å²) >= 11 is 0. The van der Waals surface area contributed by atoms with Gasteiger partial charge in [0.25, 0.3) is 0 Å². The molecule has 1 saturated heterocycles. The summed E-state index contributed by atoms with van der Waals surface area (Å²) in [7, 11) is 0. The Balaban J connectivity index is 1.49. The molecule has 1 aromatic heterocycles. The summed E-state index contributed by atoms with van der Waals surface area (Å²) in [6, 6.07) is 13.5. The number of imidazole rings is 1. The Morgan fingerprint density at radius 2 is 1.61 bits per heavy atom. The van der Waals surface area contributed by atoms with E-state index in [0.717, 1.165) is 18.6 Å². The first kappa shape index (κ1) is 14.4. The van der Waals surface area contributed by atoms with Crippen LogP contribution in [0.2, 0.25) is 0 Å². The molecule has 0 spiro atoms. The molecule has 3 nitrogen and oxygen atoms in total. The lowest BCUT2D eigenvalue weighted by Gasteiger charge is -2.14. The van der Waals surface area contributed by atoms with Gasteiger partial charge in [-0.1, -0.05) is 24.3 Å². The first-order chi connectivity index (χ1) is 11.3. The molecule has 1 aliphatic heterocycles. The largest absolute Gasteiger partial charge is 0.326 e. The van der Waals surface area contributed by atoms with Gasteiger partial charge in [0.15, 0.2) is 0 Å². The molecule has 0 N–H and O–H groups in total. The highest BCUT2D eigenvalue weighted by atomic mass is 19.1. The third-order valence-electron chi connectivity index (χ3n) is 4.56. The molecule has 4 heteroatoms. The standard InChI is InChI=1S/C19H20FN3/c20-17-7-8-19-18(11-17)21-14-23(19)13-16-5-3-15(4-6-16)12-22-9-1-2-10-22/h3-8,11,14H,1-2,9-10,12-13H2. The summed E-state index contributed by atoms with van der Waals surface area (Å²) in [4.78, 5) is 6.78. The molecule has 2 aromatic carbocycles. The van der Waals surface area contributed by atoms with Crippen molar-refractivity contribution in [3.8, 4) is 0 Å². The van der Waals surface area contributed by atoms with E-state index in [2.05, 4.69) is 38.7 Å². The van der Waals surface area contributed by atoms with Crippen LogP contribution in [0.1, 0.15) is 24.0 Å². The average Bonchev–Trinajstić information content (AvgIpc) is 3.19. The van der Waals surface area contributed by atoms with Gasteiger partial charge in [-0.15, -0.1) is 0 Å². The Labute approximate surface area is 135 Å². The molecule has 23 heavy (non-hydrogen) atoms. The number of nitrogens with zero attached hydrogens (tertiary/aromatic N) is 3. The Morgan fingerprint density at radius 3 is 2.35 bits per heavy atom. The van der Waals surface area contributed by atoms with Gasteiger partial charge in [-0.25, -0.2) is 9.37 Å². The molecule has 0 bridgehead atoms. The van der Waals surface area contributed by atoms with Gasteiger partial charge in [-0.05, 0) is 49.2 Å². The van der Waals surface area contributed by atoms with Crippen molar-refractivity contribution >= 4 is 11.0 Å². The van der Waals surface area contributed by atoms with Crippen molar-refractivity contribution in [2.24, 2.45) is 0 Å². The van der Waals surface area contributed by atoms with E-state index in [1.807, 2.05) is 0 Å². The zero-order valence-corrected chi connectivity index (χ0v) is 13.1. The van der Waals surface area contributed by atoms with E-state index >= 15 is 0 Å². The van der Waals surface area contributed by atoms with Gasteiger partial charge in [0.1, 0.15) is 5.82 Å². The molecule has 0 aliphatic carbocycles. The van der Waals surface area contributed by atoms with Gasteiger partial charge in [0.05, 0.1) is 17.4 Å². The molecular formula is C19H20FN3. The van der Waals surface area contributed by atoms with Crippen LogP contribution in [0.3, 0.4) is 0 Å². The summed E-state index contributed by atoms with van der Waals surface area (Å²) in [5, 5.41) is 0. The molecule has 1 aliphatic rings. The summed E-state index contributed by atoms with van der Waals surface area (Å²) in [5.41, 5.74) is 4.27. The zero-order chi connectivity index (χ0) is 15.6. The zero-order valence-electron chi connectivity index (χ0n) is 13.1. The molecule has 3 aromatic rings. The maximum atomic E-state index is 13.2. The van der Waals surface area contributed by atoms with E-state index in [4.69, 9.17) is 0 Å².